The molecule has 0 saturated carbocycles. The number of alkyl halides is 3. The van der Waals surface area contributed by atoms with E-state index >= 15 is 0 Å². The maximum Gasteiger partial charge on any atom is 0.435 e. The van der Waals surface area contributed by atoms with Crippen molar-refractivity contribution in [3.8, 4) is 11.8 Å². The predicted molar refractivity (Wildman–Crippen MR) is 98.6 cm³/mol. The van der Waals surface area contributed by atoms with Gasteiger partial charge in [0.15, 0.2) is 11.4 Å². The number of aromatic nitrogens is 4. The maximum absolute atomic E-state index is 13.4. The van der Waals surface area contributed by atoms with Crippen LogP contribution >= 0.6 is 0 Å². The fourth-order valence-corrected chi connectivity index (χ4v) is 2.49. The van der Waals surface area contributed by atoms with E-state index in [1.165, 1.54) is 25.2 Å². The van der Waals surface area contributed by atoms with Crippen LogP contribution in [0.15, 0.2) is 49.3 Å². The summed E-state index contributed by atoms with van der Waals surface area (Å²) in [7, 11) is 1.27. The smallest absolute Gasteiger partial charge is 0.419 e. The van der Waals surface area contributed by atoms with Crippen molar-refractivity contribution in [2.75, 3.05) is 5.32 Å². The van der Waals surface area contributed by atoms with Crippen molar-refractivity contribution in [1.29, 1.82) is 0 Å². The Labute approximate surface area is 168 Å². The van der Waals surface area contributed by atoms with Gasteiger partial charge < -0.3 is 10.1 Å². The Balaban J connectivity index is 1.80. The summed E-state index contributed by atoms with van der Waals surface area (Å²) >= 11 is 0. The number of carbonyl (C=O) groups is 1. The zero-order valence-corrected chi connectivity index (χ0v) is 15.6. The molecule has 0 unspecified atom stereocenters. The number of amides is 1. The summed E-state index contributed by atoms with van der Waals surface area (Å²) in [4.78, 5) is 20.3. The van der Waals surface area contributed by atoms with Gasteiger partial charge in [-0.25, -0.2) is 14.1 Å². The largest absolute Gasteiger partial charge is 0.435 e. The topological polar surface area (TPSA) is 81.9 Å². The van der Waals surface area contributed by atoms with E-state index in [-0.39, 0.29) is 17.5 Å². The maximum atomic E-state index is 13.4. The summed E-state index contributed by atoms with van der Waals surface area (Å²) in [6, 6.07) is 4.56. The lowest BCUT2D eigenvalue weighted by Gasteiger charge is -2.10. The van der Waals surface area contributed by atoms with Gasteiger partial charge in [-0.15, -0.1) is 6.58 Å². The molecule has 2 heterocycles. The van der Waals surface area contributed by atoms with E-state index in [4.69, 9.17) is 4.74 Å². The molecule has 30 heavy (non-hydrogen) atoms. The number of nitrogens with zero attached hydrogens (tertiary/aromatic N) is 4. The Morgan fingerprint density at radius 3 is 2.73 bits per heavy atom. The van der Waals surface area contributed by atoms with Crippen LogP contribution in [-0.2, 0) is 19.6 Å². The van der Waals surface area contributed by atoms with Crippen LogP contribution in [0.1, 0.15) is 21.7 Å². The molecule has 0 bridgehead atoms. The fraction of sp³-hybridized carbons (Fsp3) is 0.158. The Kier molecular flexibility index (Phi) is 5.81. The van der Waals surface area contributed by atoms with Gasteiger partial charge in [-0.2, -0.15) is 18.3 Å². The fourth-order valence-electron chi connectivity index (χ4n) is 2.49. The standard InChI is InChI=1S/C19H15F4N5O2/c1-3-4-11-7-12(20)5-6-13(11)26-18(29)14-9-24-10-16(25-14)30-17-8-15(19(21,22)23)27-28(17)2/h3,5-10H,1,4H2,2H3,(H,26,29). The first-order chi connectivity index (χ1) is 14.2. The van der Waals surface area contributed by atoms with Crippen molar-refractivity contribution in [3.63, 3.8) is 0 Å². The van der Waals surface area contributed by atoms with E-state index in [0.29, 0.717) is 23.7 Å². The molecule has 0 atom stereocenters. The van der Waals surface area contributed by atoms with Crippen LogP contribution < -0.4 is 10.1 Å². The highest BCUT2D eigenvalue weighted by atomic mass is 19.4. The second kappa shape index (κ2) is 8.31. The van der Waals surface area contributed by atoms with Crippen LogP contribution in [0.3, 0.4) is 0 Å². The second-order valence-electron chi connectivity index (χ2n) is 6.08. The first kappa shape index (κ1) is 21.0. The molecule has 7 nitrogen and oxygen atoms in total. The summed E-state index contributed by atoms with van der Waals surface area (Å²) in [5.74, 6) is -1.56. The highest BCUT2D eigenvalue weighted by Crippen LogP contribution is 2.31. The number of halogens is 4. The number of carbonyl (C=O) groups excluding carboxylic acids is 1. The molecule has 0 aliphatic carbocycles. The van der Waals surface area contributed by atoms with E-state index < -0.39 is 23.6 Å². The zero-order valence-electron chi connectivity index (χ0n) is 15.6. The van der Waals surface area contributed by atoms with Crippen molar-refractivity contribution in [1.82, 2.24) is 19.7 Å². The molecule has 1 aromatic carbocycles. The number of rotatable bonds is 6. The summed E-state index contributed by atoms with van der Waals surface area (Å²) in [5.41, 5.74) is -0.420. The van der Waals surface area contributed by atoms with E-state index in [9.17, 15) is 22.4 Å². The summed E-state index contributed by atoms with van der Waals surface area (Å²) in [6.45, 7) is 3.59. The average molecular weight is 421 g/mol. The van der Waals surface area contributed by atoms with Gasteiger partial charge in [0.1, 0.15) is 5.82 Å². The number of hydrogen-bond acceptors (Lipinski definition) is 5. The Morgan fingerprint density at radius 2 is 2.07 bits per heavy atom. The molecule has 0 fully saturated rings. The van der Waals surface area contributed by atoms with Crippen molar-refractivity contribution in [3.05, 3.63) is 72.1 Å². The van der Waals surface area contributed by atoms with Gasteiger partial charge in [0.25, 0.3) is 5.91 Å². The molecule has 0 aliphatic rings. The number of nitrogens with one attached hydrogen (secondary N) is 1. The Morgan fingerprint density at radius 1 is 1.30 bits per heavy atom. The van der Waals surface area contributed by atoms with Crippen LogP contribution in [0, 0.1) is 5.82 Å². The Bertz CT molecular complexity index is 1090. The molecule has 1 N–H and O–H groups in total. The highest BCUT2D eigenvalue weighted by Gasteiger charge is 2.35. The van der Waals surface area contributed by atoms with Gasteiger partial charge >= 0.3 is 6.18 Å². The normalized spacial score (nSPS) is 11.2. The van der Waals surface area contributed by atoms with Crippen LogP contribution in [0.2, 0.25) is 0 Å². The SMILES string of the molecule is C=CCc1cc(F)ccc1NC(=O)c1cncc(Oc2cc(C(F)(F)F)nn2C)n1. The first-order valence-electron chi connectivity index (χ1n) is 8.49. The van der Waals surface area contributed by atoms with E-state index in [1.807, 2.05) is 0 Å². The number of allylic oxidation sites excluding steroid dienone is 1. The molecule has 2 aromatic heterocycles. The molecule has 3 rings (SSSR count). The molecule has 156 valence electrons. The minimum Gasteiger partial charge on any atom is -0.419 e. The van der Waals surface area contributed by atoms with Crippen LogP contribution in [0.4, 0.5) is 23.2 Å². The molecule has 3 aromatic rings. The average Bonchev–Trinajstić information content (AvgIpc) is 3.05. The van der Waals surface area contributed by atoms with E-state index in [1.54, 1.807) is 6.08 Å². The number of anilines is 1. The lowest BCUT2D eigenvalue weighted by Crippen LogP contribution is -2.15. The van der Waals surface area contributed by atoms with Crippen molar-refractivity contribution < 1.29 is 27.1 Å². The zero-order chi connectivity index (χ0) is 21.9. The summed E-state index contributed by atoms with van der Waals surface area (Å²) < 4.78 is 57.9. The third-order valence-corrected chi connectivity index (χ3v) is 3.86. The third kappa shape index (κ3) is 4.80. The first-order valence-corrected chi connectivity index (χ1v) is 8.49. The predicted octanol–water partition coefficient (Wildman–Crippen LogP) is 4.14. The van der Waals surface area contributed by atoms with E-state index in [0.717, 1.165) is 17.1 Å². The molecule has 0 radical (unpaired) electrons. The molecular formula is C19H15F4N5O2. The second-order valence-corrected chi connectivity index (χ2v) is 6.08. The lowest BCUT2D eigenvalue weighted by atomic mass is 10.1. The van der Waals surface area contributed by atoms with Gasteiger partial charge in [0.2, 0.25) is 11.8 Å². The van der Waals surface area contributed by atoms with Gasteiger partial charge in [-0.1, -0.05) is 6.08 Å². The molecule has 1 amide bonds. The summed E-state index contributed by atoms with van der Waals surface area (Å²) in [5, 5.41) is 5.91. The monoisotopic (exact) mass is 421 g/mol. The van der Waals surface area contributed by atoms with Gasteiger partial charge in [-0.05, 0) is 30.2 Å². The molecule has 11 heteroatoms. The highest BCUT2D eigenvalue weighted by molar-refractivity contribution is 6.03. The molecular weight excluding hydrogens is 406 g/mol. The molecule has 0 spiro atoms. The van der Waals surface area contributed by atoms with Crippen molar-refractivity contribution in [2.45, 2.75) is 12.6 Å². The van der Waals surface area contributed by atoms with Gasteiger partial charge in [0, 0.05) is 18.8 Å². The Hall–Kier alpha value is -3.76. The number of benzene rings is 1. The minimum absolute atomic E-state index is 0.153. The minimum atomic E-state index is -4.63. The van der Waals surface area contributed by atoms with Crippen LogP contribution in [-0.4, -0.2) is 25.7 Å². The van der Waals surface area contributed by atoms with Crippen LogP contribution in [0.5, 0.6) is 11.8 Å². The van der Waals surface area contributed by atoms with Gasteiger partial charge in [-0.3, -0.25) is 9.78 Å². The van der Waals surface area contributed by atoms with Gasteiger partial charge in [0.05, 0.1) is 12.4 Å². The molecule has 0 saturated heterocycles. The lowest BCUT2D eigenvalue weighted by molar-refractivity contribution is -0.141. The van der Waals surface area contributed by atoms with E-state index in [2.05, 4.69) is 27.0 Å². The quantitative estimate of drug-likeness (QED) is 0.478. The number of aryl methyl sites for hydroxylation is 1. The molecule has 0 aliphatic heterocycles. The van der Waals surface area contributed by atoms with Crippen molar-refractivity contribution >= 4 is 11.6 Å². The van der Waals surface area contributed by atoms with Crippen LogP contribution in [0.25, 0.3) is 0 Å². The summed E-state index contributed by atoms with van der Waals surface area (Å²) in [6.07, 6.45) is -0.460. The number of ether oxygens (including phenoxy) is 1. The third-order valence-electron chi connectivity index (χ3n) is 3.86. The number of hydrogen-bond donors (Lipinski definition) is 1. The van der Waals surface area contributed by atoms with Crippen molar-refractivity contribution in [2.24, 2.45) is 7.05 Å².